The van der Waals surface area contributed by atoms with Gasteiger partial charge in [0.1, 0.15) is 0 Å². The van der Waals surface area contributed by atoms with Crippen molar-refractivity contribution < 1.29 is 9.72 Å². The largest absolute Gasteiger partial charge is 0.359 e. The summed E-state index contributed by atoms with van der Waals surface area (Å²) in [6, 6.07) is 14.4. The summed E-state index contributed by atoms with van der Waals surface area (Å²) in [5.41, 5.74) is 2.74. The summed E-state index contributed by atoms with van der Waals surface area (Å²) in [5, 5.41) is 13.6. The van der Waals surface area contributed by atoms with E-state index in [1.165, 1.54) is 17.7 Å². The fourth-order valence-corrected chi connectivity index (χ4v) is 3.05. The number of fused-ring (bicyclic) bond motifs is 1. The first-order chi connectivity index (χ1) is 11.5. The lowest BCUT2D eigenvalue weighted by atomic mass is 9.96. The average molecular weight is 325 g/mol. The molecule has 0 spiro atoms. The Morgan fingerprint density at radius 1 is 1.29 bits per heavy atom. The third-order valence-corrected chi connectivity index (χ3v) is 4.32. The number of aryl methyl sites for hydroxylation is 1. The number of nitro benzene ring substituents is 1. The molecule has 6 nitrogen and oxygen atoms in total. The Morgan fingerprint density at radius 2 is 2.08 bits per heavy atom. The molecule has 6 heteroatoms. The van der Waals surface area contributed by atoms with Crippen LogP contribution in [0.5, 0.6) is 0 Å². The Hall–Kier alpha value is -2.89. The average Bonchev–Trinajstić information content (AvgIpc) is 2.57. The predicted octanol–water partition coefficient (Wildman–Crippen LogP) is 3.37. The molecule has 0 aromatic heterocycles. The number of rotatable bonds is 4. The minimum atomic E-state index is -0.474. The molecule has 3 rings (SSSR count). The van der Waals surface area contributed by atoms with Crippen molar-refractivity contribution >= 4 is 23.0 Å². The van der Waals surface area contributed by atoms with Crippen molar-refractivity contribution in [2.24, 2.45) is 0 Å². The van der Waals surface area contributed by atoms with Crippen LogP contribution in [0.3, 0.4) is 0 Å². The third kappa shape index (κ3) is 3.37. The Kier molecular flexibility index (Phi) is 4.46. The summed E-state index contributed by atoms with van der Waals surface area (Å²) in [7, 11) is 0. The number of amides is 1. The second-order valence-corrected chi connectivity index (χ2v) is 6.00. The van der Waals surface area contributed by atoms with E-state index >= 15 is 0 Å². The highest BCUT2D eigenvalue weighted by Crippen LogP contribution is 2.30. The highest BCUT2D eigenvalue weighted by Gasteiger charge is 2.24. The van der Waals surface area contributed by atoms with Gasteiger partial charge in [-0.05, 0) is 37.5 Å². The molecule has 0 aliphatic carbocycles. The number of carbonyl (C=O) groups is 1. The first-order valence-corrected chi connectivity index (χ1v) is 7.93. The summed E-state index contributed by atoms with van der Waals surface area (Å²) in [6.45, 7) is 2.33. The molecule has 0 saturated carbocycles. The fourth-order valence-electron chi connectivity index (χ4n) is 3.05. The number of nitro groups is 1. The van der Waals surface area contributed by atoms with Crippen LogP contribution in [0.25, 0.3) is 0 Å². The van der Waals surface area contributed by atoms with Crippen molar-refractivity contribution in [2.75, 3.05) is 16.8 Å². The number of nitrogens with one attached hydrogen (secondary N) is 1. The Morgan fingerprint density at radius 3 is 2.88 bits per heavy atom. The third-order valence-electron chi connectivity index (χ3n) is 4.32. The maximum absolute atomic E-state index is 12.4. The topological polar surface area (TPSA) is 75.5 Å². The summed E-state index contributed by atoms with van der Waals surface area (Å²) in [6.07, 6.45) is 2.02. The maximum Gasteiger partial charge on any atom is 0.271 e. The van der Waals surface area contributed by atoms with E-state index in [0.29, 0.717) is 5.69 Å². The molecular weight excluding hydrogens is 306 g/mol. The van der Waals surface area contributed by atoms with Crippen molar-refractivity contribution in [1.82, 2.24) is 0 Å². The lowest BCUT2D eigenvalue weighted by Crippen LogP contribution is -2.42. The van der Waals surface area contributed by atoms with Gasteiger partial charge in [-0.3, -0.25) is 14.9 Å². The lowest BCUT2D eigenvalue weighted by Gasteiger charge is -2.36. The molecule has 1 aliphatic heterocycles. The zero-order chi connectivity index (χ0) is 17.1. The van der Waals surface area contributed by atoms with Crippen LogP contribution in [0, 0.1) is 10.1 Å². The van der Waals surface area contributed by atoms with Gasteiger partial charge in [0, 0.05) is 29.5 Å². The summed E-state index contributed by atoms with van der Waals surface area (Å²) < 4.78 is 0. The van der Waals surface area contributed by atoms with Gasteiger partial charge in [-0.1, -0.05) is 24.3 Å². The molecule has 0 fully saturated rings. The molecule has 0 unspecified atom stereocenters. The van der Waals surface area contributed by atoms with E-state index in [9.17, 15) is 14.9 Å². The minimum Gasteiger partial charge on any atom is -0.359 e. The smallest absolute Gasteiger partial charge is 0.271 e. The van der Waals surface area contributed by atoms with Crippen LogP contribution in [0.15, 0.2) is 48.5 Å². The molecule has 124 valence electrons. The number of hydrogen-bond acceptors (Lipinski definition) is 4. The van der Waals surface area contributed by atoms with Crippen LogP contribution >= 0.6 is 0 Å². The van der Waals surface area contributed by atoms with Crippen LogP contribution in [0.2, 0.25) is 0 Å². The minimum absolute atomic E-state index is 0.0375. The molecule has 0 bridgehead atoms. The number of anilines is 2. The van der Waals surface area contributed by atoms with Crippen LogP contribution in [-0.4, -0.2) is 23.4 Å². The normalized spacial score (nSPS) is 16.4. The first-order valence-electron chi connectivity index (χ1n) is 7.93. The van der Waals surface area contributed by atoms with Gasteiger partial charge in [-0.25, -0.2) is 0 Å². The van der Waals surface area contributed by atoms with E-state index in [0.717, 1.165) is 18.5 Å². The van der Waals surface area contributed by atoms with Crippen LogP contribution in [-0.2, 0) is 11.2 Å². The van der Waals surface area contributed by atoms with Crippen LogP contribution in [0.1, 0.15) is 18.9 Å². The van der Waals surface area contributed by atoms with E-state index in [-0.39, 0.29) is 24.2 Å². The van der Waals surface area contributed by atoms with Crippen LogP contribution < -0.4 is 10.2 Å². The number of carbonyl (C=O) groups excluding carboxylic acids is 1. The van der Waals surface area contributed by atoms with Gasteiger partial charge in [0.2, 0.25) is 5.91 Å². The lowest BCUT2D eigenvalue weighted by molar-refractivity contribution is -0.384. The number of hydrogen-bond donors (Lipinski definition) is 1. The van der Waals surface area contributed by atoms with Crippen molar-refractivity contribution in [3.8, 4) is 0 Å². The Labute approximate surface area is 140 Å². The molecule has 2 aromatic carbocycles. The van der Waals surface area contributed by atoms with Crippen LogP contribution in [0.4, 0.5) is 17.1 Å². The van der Waals surface area contributed by atoms with E-state index < -0.39 is 4.92 Å². The van der Waals surface area contributed by atoms with Gasteiger partial charge < -0.3 is 10.2 Å². The van der Waals surface area contributed by atoms with Crippen molar-refractivity contribution in [3.63, 3.8) is 0 Å². The van der Waals surface area contributed by atoms with Gasteiger partial charge in [0.05, 0.1) is 11.5 Å². The monoisotopic (exact) mass is 325 g/mol. The van der Waals surface area contributed by atoms with Gasteiger partial charge >= 0.3 is 0 Å². The van der Waals surface area contributed by atoms with Crippen molar-refractivity contribution in [3.05, 3.63) is 64.2 Å². The molecule has 24 heavy (non-hydrogen) atoms. The van der Waals surface area contributed by atoms with E-state index in [1.807, 2.05) is 18.2 Å². The highest BCUT2D eigenvalue weighted by atomic mass is 16.6. The summed E-state index contributed by atoms with van der Waals surface area (Å²) in [4.78, 5) is 24.8. The van der Waals surface area contributed by atoms with Gasteiger partial charge in [0.15, 0.2) is 0 Å². The van der Waals surface area contributed by atoms with E-state index in [2.05, 4.69) is 23.2 Å². The SMILES string of the molecule is C[C@@H]1CCc2ccccc2N1CC(=O)Nc1cccc([N+](=O)[O-])c1. The summed E-state index contributed by atoms with van der Waals surface area (Å²) in [5.74, 6) is -0.181. The molecule has 1 N–H and O–H groups in total. The molecule has 1 atom stereocenters. The number of nitrogens with zero attached hydrogens (tertiary/aromatic N) is 2. The van der Waals surface area contributed by atoms with Gasteiger partial charge in [0.25, 0.3) is 5.69 Å². The fraction of sp³-hybridized carbons (Fsp3) is 0.278. The molecule has 0 saturated heterocycles. The van der Waals surface area contributed by atoms with Crippen molar-refractivity contribution in [2.45, 2.75) is 25.8 Å². The zero-order valence-corrected chi connectivity index (χ0v) is 13.4. The molecule has 0 radical (unpaired) electrons. The molecule has 1 aliphatic rings. The second-order valence-electron chi connectivity index (χ2n) is 6.00. The first kappa shape index (κ1) is 16.0. The molecule has 1 amide bonds. The Bertz CT molecular complexity index is 776. The van der Waals surface area contributed by atoms with Gasteiger partial charge in [-0.2, -0.15) is 0 Å². The van der Waals surface area contributed by atoms with Crippen molar-refractivity contribution in [1.29, 1.82) is 0 Å². The highest BCUT2D eigenvalue weighted by molar-refractivity contribution is 5.94. The molecule has 1 heterocycles. The number of para-hydroxylation sites is 1. The molecular formula is C18H19N3O3. The summed E-state index contributed by atoms with van der Waals surface area (Å²) >= 11 is 0. The quantitative estimate of drug-likeness (QED) is 0.691. The predicted molar refractivity (Wildman–Crippen MR) is 93.3 cm³/mol. The zero-order valence-electron chi connectivity index (χ0n) is 13.4. The Balaban J connectivity index is 1.73. The number of benzene rings is 2. The van der Waals surface area contributed by atoms with E-state index in [1.54, 1.807) is 12.1 Å². The second kappa shape index (κ2) is 6.70. The number of non-ortho nitro benzene ring substituents is 1. The van der Waals surface area contributed by atoms with E-state index in [4.69, 9.17) is 0 Å². The van der Waals surface area contributed by atoms with Gasteiger partial charge in [-0.15, -0.1) is 0 Å². The molecule has 2 aromatic rings. The standard InChI is InChI=1S/C18H19N3O3/c1-13-9-10-14-5-2-3-8-17(14)20(13)12-18(22)19-15-6-4-7-16(11-15)21(23)24/h2-8,11,13H,9-10,12H2,1H3,(H,19,22)/t13-/m1/s1. The maximum atomic E-state index is 12.4.